The molecule has 29 heavy (non-hydrogen) atoms. The number of amidine groups is 1. The molecule has 2 aromatic rings. The first-order valence-electron chi connectivity index (χ1n) is 10.3. The van der Waals surface area contributed by atoms with Crippen molar-refractivity contribution in [2.75, 3.05) is 6.54 Å². The van der Waals surface area contributed by atoms with Gasteiger partial charge in [-0.15, -0.1) is 0 Å². The Morgan fingerprint density at radius 1 is 1.31 bits per heavy atom. The molecule has 2 aliphatic rings. The summed E-state index contributed by atoms with van der Waals surface area (Å²) in [6.07, 6.45) is 3.26. The van der Waals surface area contributed by atoms with Crippen LogP contribution in [0.3, 0.4) is 0 Å². The second-order valence-corrected chi connectivity index (χ2v) is 7.61. The van der Waals surface area contributed by atoms with Crippen molar-refractivity contribution in [3.8, 4) is 0 Å². The molecule has 1 aromatic carbocycles. The third-order valence-corrected chi connectivity index (χ3v) is 4.89. The number of amides is 1. The zero-order valence-corrected chi connectivity index (χ0v) is 17.6. The van der Waals surface area contributed by atoms with Gasteiger partial charge in [0.1, 0.15) is 11.6 Å². The van der Waals surface area contributed by atoms with E-state index in [1.165, 1.54) is 6.42 Å². The second kappa shape index (κ2) is 9.22. The summed E-state index contributed by atoms with van der Waals surface area (Å²) in [5.74, 6) is 1.31. The Hall–Kier alpha value is -2.67. The lowest BCUT2D eigenvalue weighted by atomic mass is 10.1. The van der Waals surface area contributed by atoms with Crippen LogP contribution in [0.4, 0.5) is 0 Å². The van der Waals surface area contributed by atoms with Crippen LogP contribution in [0.5, 0.6) is 0 Å². The third-order valence-electron chi connectivity index (χ3n) is 4.89. The summed E-state index contributed by atoms with van der Waals surface area (Å²) < 4.78 is 5.18. The maximum Gasteiger partial charge on any atom is 0.230 e. The quantitative estimate of drug-likeness (QED) is 0.849. The largest absolute Gasteiger partial charge is 0.361 e. The fourth-order valence-corrected chi connectivity index (χ4v) is 3.54. The highest BCUT2D eigenvalue weighted by molar-refractivity contribution is 5.92. The molecular formula is C22H30N4O3. The highest BCUT2D eigenvalue weighted by Gasteiger charge is 2.40. The SMILES string of the molecule is CCC.Cc1cc(CC(=O)N2CCCC2C2=NC(C)(c3ccccc3)ON2)on1. The van der Waals surface area contributed by atoms with Crippen molar-refractivity contribution in [1.29, 1.82) is 0 Å². The van der Waals surface area contributed by atoms with E-state index in [1.54, 1.807) is 6.07 Å². The molecule has 0 bridgehead atoms. The van der Waals surface area contributed by atoms with Crippen LogP contribution >= 0.6 is 0 Å². The maximum absolute atomic E-state index is 12.7. The minimum atomic E-state index is -0.782. The highest BCUT2D eigenvalue weighted by atomic mass is 16.7. The molecule has 1 saturated heterocycles. The van der Waals surface area contributed by atoms with E-state index in [1.807, 2.05) is 49.1 Å². The molecule has 2 atom stereocenters. The van der Waals surface area contributed by atoms with E-state index in [-0.39, 0.29) is 18.4 Å². The van der Waals surface area contributed by atoms with Crippen LogP contribution in [-0.2, 0) is 21.8 Å². The van der Waals surface area contributed by atoms with E-state index in [0.717, 1.165) is 24.1 Å². The molecule has 4 rings (SSSR count). The van der Waals surface area contributed by atoms with Gasteiger partial charge in [-0.1, -0.05) is 55.8 Å². The molecule has 0 aliphatic carbocycles. The first kappa shape index (κ1) is 21.0. The van der Waals surface area contributed by atoms with E-state index < -0.39 is 5.72 Å². The number of carbonyl (C=O) groups is 1. The van der Waals surface area contributed by atoms with Crippen LogP contribution in [0.2, 0.25) is 0 Å². The average Bonchev–Trinajstić information content (AvgIpc) is 3.43. The van der Waals surface area contributed by atoms with E-state index in [0.29, 0.717) is 18.1 Å². The van der Waals surface area contributed by atoms with Crippen molar-refractivity contribution in [2.45, 2.75) is 65.1 Å². The second-order valence-electron chi connectivity index (χ2n) is 7.61. The van der Waals surface area contributed by atoms with Gasteiger partial charge in [0.25, 0.3) is 0 Å². The zero-order valence-electron chi connectivity index (χ0n) is 17.6. The van der Waals surface area contributed by atoms with Gasteiger partial charge in [0, 0.05) is 18.2 Å². The Bertz CT molecular complexity index is 849. The van der Waals surface area contributed by atoms with Crippen LogP contribution in [0.15, 0.2) is 45.9 Å². The van der Waals surface area contributed by atoms with Gasteiger partial charge in [0.05, 0.1) is 18.2 Å². The molecule has 2 unspecified atom stereocenters. The molecule has 1 N–H and O–H groups in total. The van der Waals surface area contributed by atoms with Crippen LogP contribution in [0.25, 0.3) is 0 Å². The van der Waals surface area contributed by atoms with Crippen molar-refractivity contribution in [3.63, 3.8) is 0 Å². The summed E-state index contributed by atoms with van der Waals surface area (Å²) in [7, 11) is 0. The fraction of sp³-hybridized carbons (Fsp3) is 0.500. The molecule has 1 aromatic heterocycles. The van der Waals surface area contributed by atoms with Gasteiger partial charge in [0.2, 0.25) is 11.6 Å². The van der Waals surface area contributed by atoms with Crippen LogP contribution in [-0.4, -0.2) is 34.4 Å². The van der Waals surface area contributed by atoms with Gasteiger partial charge in [-0.25, -0.2) is 15.3 Å². The summed E-state index contributed by atoms with van der Waals surface area (Å²) in [6.45, 7) is 8.72. The van der Waals surface area contributed by atoms with Crippen molar-refractivity contribution in [1.82, 2.24) is 15.5 Å². The normalized spacial score (nSPS) is 23.2. The van der Waals surface area contributed by atoms with Gasteiger partial charge in [-0.05, 0) is 26.7 Å². The number of aliphatic imine (C=N–C) groups is 1. The number of hydrogen-bond acceptors (Lipinski definition) is 6. The minimum absolute atomic E-state index is 0.0152. The molecule has 1 amide bonds. The number of benzene rings is 1. The van der Waals surface area contributed by atoms with Gasteiger partial charge in [0.15, 0.2) is 0 Å². The van der Waals surface area contributed by atoms with E-state index in [4.69, 9.17) is 14.4 Å². The monoisotopic (exact) mass is 398 g/mol. The van der Waals surface area contributed by atoms with Crippen molar-refractivity contribution in [2.24, 2.45) is 4.99 Å². The van der Waals surface area contributed by atoms with E-state index >= 15 is 0 Å². The van der Waals surface area contributed by atoms with Gasteiger partial charge in [-0.2, -0.15) is 0 Å². The molecule has 0 spiro atoms. The number of hydrogen-bond donors (Lipinski definition) is 1. The Morgan fingerprint density at radius 2 is 2.03 bits per heavy atom. The molecule has 156 valence electrons. The topological polar surface area (TPSA) is 80.0 Å². The first-order valence-corrected chi connectivity index (χ1v) is 10.3. The predicted molar refractivity (Wildman–Crippen MR) is 111 cm³/mol. The molecule has 2 aliphatic heterocycles. The van der Waals surface area contributed by atoms with Gasteiger partial charge < -0.3 is 9.42 Å². The molecular weight excluding hydrogens is 368 g/mol. The van der Waals surface area contributed by atoms with Gasteiger partial charge in [-0.3, -0.25) is 4.79 Å². The van der Waals surface area contributed by atoms with Crippen molar-refractivity contribution in [3.05, 3.63) is 53.4 Å². The van der Waals surface area contributed by atoms with E-state index in [2.05, 4.69) is 24.5 Å². The maximum atomic E-state index is 12.7. The molecule has 0 saturated carbocycles. The lowest BCUT2D eigenvalue weighted by Crippen LogP contribution is -2.44. The molecule has 1 fully saturated rings. The summed E-state index contributed by atoms with van der Waals surface area (Å²) in [5, 5.41) is 3.84. The Morgan fingerprint density at radius 3 is 2.69 bits per heavy atom. The zero-order chi connectivity index (χ0) is 20.9. The molecule has 7 heteroatoms. The number of aryl methyl sites for hydroxylation is 1. The molecule has 0 radical (unpaired) electrons. The number of rotatable bonds is 4. The average molecular weight is 399 g/mol. The van der Waals surface area contributed by atoms with Crippen molar-refractivity contribution < 1.29 is 14.2 Å². The molecule has 3 heterocycles. The highest BCUT2D eigenvalue weighted by Crippen LogP contribution is 2.32. The van der Waals surface area contributed by atoms with Crippen molar-refractivity contribution >= 4 is 11.7 Å². The summed E-state index contributed by atoms with van der Waals surface area (Å²) in [5.41, 5.74) is 3.92. The first-order chi connectivity index (χ1) is 14.0. The smallest absolute Gasteiger partial charge is 0.230 e. The summed E-state index contributed by atoms with van der Waals surface area (Å²) >= 11 is 0. The number of carbonyl (C=O) groups excluding carboxylic acids is 1. The lowest BCUT2D eigenvalue weighted by molar-refractivity contribution is -0.130. The number of likely N-dealkylation sites (tertiary alicyclic amines) is 1. The summed E-state index contributed by atoms with van der Waals surface area (Å²) in [4.78, 5) is 25.1. The third kappa shape index (κ3) is 4.85. The Kier molecular flexibility index (Phi) is 6.69. The van der Waals surface area contributed by atoms with Crippen LogP contribution in [0, 0.1) is 6.92 Å². The standard InChI is InChI=1S/C19H22N4O3.C3H8/c1-13-11-15(25-21-13)12-17(24)23-10-6-9-16(23)18-20-19(2,26-22-18)14-7-4-3-5-8-14;1-3-2/h3-5,7-8,11,16H,6,9-10,12H2,1-2H3,(H,20,22);3H2,1-2H3. The fourth-order valence-electron chi connectivity index (χ4n) is 3.54. The van der Waals surface area contributed by atoms with Crippen LogP contribution < -0.4 is 5.48 Å². The van der Waals surface area contributed by atoms with E-state index in [9.17, 15) is 4.79 Å². The number of hydroxylamine groups is 1. The number of nitrogens with zero attached hydrogens (tertiary/aromatic N) is 3. The minimum Gasteiger partial charge on any atom is -0.361 e. The number of nitrogens with one attached hydrogen (secondary N) is 1. The van der Waals surface area contributed by atoms with Crippen LogP contribution in [0.1, 0.15) is 57.1 Å². The lowest BCUT2D eigenvalue weighted by Gasteiger charge is -2.23. The molecule has 7 nitrogen and oxygen atoms in total. The Balaban J connectivity index is 0.000000755. The summed E-state index contributed by atoms with van der Waals surface area (Å²) in [6, 6.07) is 11.5. The predicted octanol–water partition coefficient (Wildman–Crippen LogP) is 3.74. The Labute approximate surface area is 172 Å². The van der Waals surface area contributed by atoms with Gasteiger partial charge >= 0.3 is 0 Å². The number of aromatic nitrogens is 1.